The summed E-state index contributed by atoms with van der Waals surface area (Å²) in [4.78, 5) is 4.90. The van der Waals surface area contributed by atoms with E-state index in [-0.39, 0.29) is 15.7 Å². The van der Waals surface area contributed by atoms with Gasteiger partial charge in [-0.15, -0.1) is 0 Å². The summed E-state index contributed by atoms with van der Waals surface area (Å²) in [5.41, 5.74) is 6.30. The maximum Gasteiger partial charge on any atom is 0.416 e. The van der Waals surface area contributed by atoms with E-state index in [4.69, 9.17) is 18.0 Å². The molecule has 2 aromatic carbocycles. The minimum atomic E-state index is -4.42. The Morgan fingerprint density at radius 1 is 1.13 bits per heavy atom. The number of hydrogen-bond donors (Lipinski definition) is 1. The van der Waals surface area contributed by atoms with E-state index in [1.807, 2.05) is 31.2 Å². The summed E-state index contributed by atoms with van der Waals surface area (Å²) in [6.45, 7) is 1.97. The second-order valence-corrected chi connectivity index (χ2v) is 6.46. The van der Waals surface area contributed by atoms with E-state index in [9.17, 15) is 13.2 Å². The maximum absolute atomic E-state index is 12.7. The third kappa shape index (κ3) is 5.07. The van der Waals surface area contributed by atoms with Gasteiger partial charge in [0.15, 0.2) is 4.32 Å². The van der Waals surface area contributed by atoms with Crippen molar-refractivity contribution in [2.45, 2.75) is 18.0 Å². The highest BCUT2D eigenvalue weighted by atomic mass is 32.2. The molecule has 0 radical (unpaired) electrons. The molecule has 0 atom stereocenters. The molecule has 120 valence electrons. The van der Waals surface area contributed by atoms with Crippen molar-refractivity contribution in [3.8, 4) is 0 Å². The summed E-state index contributed by atoms with van der Waals surface area (Å²) in [5, 5.41) is 0. The second kappa shape index (κ2) is 7.14. The Kier molecular flexibility index (Phi) is 5.43. The highest BCUT2D eigenvalue weighted by molar-refractivity contribution is 8.23. The van der Waals surface area contributed by atoms with Gasteiger partial charge in [0, 0.05) is 10.5 Å². The monoisotopic (exact) mass is 354 g/mol. The van der Waals surface area contributed by atoms with Crippen LogP contribution < -0.4 is 5.73 Å². The van der Waals surface area contributed by atoms with Crippen LogP contribution in [0, 0.1) is 6.92 Å². The molecule has 0 heterocycles. The van der Waals surface area contributed by atoms with Crippen LogP contribution in [0.4, 0.5) is 13.2 Å². The predicted octanol–water partition coefficient (Wildman–Crippen LogP) is 4.80. The third-order valence-electron chi connectivity index (χ3n) is 2.92. The van der Waals surface area contributed by atoms with Gasteiger partial charge in [-0.1, -0.05) is 53.8 Å². The molecule has 0 aromatic heterocycles. The van der Waals surface area contributed by atoms with Crippen molar-refractivity contribution in [2.75, 3.05) is 0 Å². The number of nitrogens with zero attached hydrogens (tertiary/aromatic N) is 1. The molecule has 0 aliphatic rings. The third-order valence-corrected chi connectivity index (χ3v) is 4.04. The Morgan fingerprint density at radius 3 is 2.39 bits per heavy atom. The molecule has 2 rings (SSSR count). The Morgan fingerprint density at radius 2 is 1.78 bits per heavy atom. The van der Waals surface area contributed by atoms with Crippen molar-refractivity contribution in [3.05, 3.63) is 65.2 Å². The summed E-state index contributed by atoms with van der Waals surface area (Å²) in [7, 11) is 0. The number of aryl methyl sites for hydroxylation is 1. The average molecular weight is 354 g/mol. The fourth-order valence-electron chi connectivity index (χ4n) is 1.75. The van der Waals surface area contributed by atoms with Gasteiger partial charge in [0.1, 0.15) is 5.84 Å². The SMILES string of the molecule is Cc1ccc(SC(=S)N=C(N)c2cccc(C(F)(F)F)c2)cc1. The Hall–Kier alpha value is -1.86. The lowest BCUT2D eigenvalue weighted by Gasteiger charge is -2.08. The molecule has 0 amide bonds. The Labute approximate surface area is 141 Å². The summed E-state index contributed by atoms with van der Waals surface area (Å²) in [6, 6.07) is 12.3. The van der Waals surface area contributed by atoms with E-state index >= 15 is 0 Å². The molecule has 0 spiro atoms. The number of benzene rings is 2. The van der Waals surface area contributed by atoms with Crippen LogP contribution in [0.1, 0.15) is 16.7 Å². The van der Waals surface area contributed by atoms with Crippen LogP contribution in [0.3, 0.4) is 0 Å². The number of alkyl halides is 3. The first-order valence-electron chi connectivity index (χ1n) is 6.56. The second-order valence-electron chi connectivity index (χ2n) is 4.76. The summed E-state index contributed by atoms with van der Waals surface area (Å²) in [6.07, 6.45) is -4.42. The van der Waals surface area contributed by atoms with Gasteiger partial charge in [0.2, 0.25) is 0 Å². The summed E-state index contributed by atoms with van der Waals surface area (Å²) in [5.74, 6) is -0.0410. The van der Waals surface area contributed by atoms with Gasteiger partial charge in [-0.3, -0.25) is 0 Å². The van der Waals surface area contributed by atoms with Crippen LogP contribution in [-0.2, 0) is 6.18 Å². The van der Waals surface area contributed by atoms with E-state index < -0.39 is 11.7 Å². The molecule has 23 heavy (non-hydrogen) atoms. The van der Waals surface area contributed by atoms with Crippen molar-refractivity contribution in [3.63, 3.8) is 0 Å². The summed E-state index contributed by atoms with van der Waals surface area (Å²) < 4.78 is 38.3. The number of thioether (sulfide) groups is 1. The quantitative estimate of drug-likeness (QED) is 0.364. The van der Waals surface area contributed by atoms with Crippen LogP contribution in [0.2, 0.25) is 0 Å². The lowest BCUT2D eigenvalue weighted by atomic mass is 10.1. The minimum Gasteiger partial charge on any atom is -0.383 e. The van der Waals surface area contributed by atoms with Crippen LogP contribution in [-0.4, -0.2) is 10.2 Å². The van der Waals surface area contributed by atoms with Crippen molar-refractivity contribution >= 4 is 34.1 Å². The molecule has 7 heteroatoms. The van der Waals surface area contributed by atoms with Crippen LogP contribution in [0.15, 0.2) is 58.4 Å². The van der Waals surface area contributed by atoms with Crippen LogP contribution in [0.5, 0.6) is 0 Å². The number of thiocarbonyl (C=S) groups is 1. The molecule has 0 fully saturated rings. The number of aliphatic imine (C=N–C) groups is 1. The van der Waals surface area contributed by atoms with E-state index in [1.54, 1.807) is 0 Å². The molecule has 0 bridgehead atoms. The highest BCUT2D eigenvalue weighted by Gasteiger charge is 2.30. The number of amidine groups is 1. The first-order chi connectivity index (χ1) is 10.8. The number of nitrogens with two attached hydrogens (primary N) is 1. The van der Waals surface area contributed by atoms with Gasteiger partial charge in [-0.2, -0.15) is 13.2 Å². The fourth-order valence-corrected chi connectivity index (χ4v) is 2.75. The van der Waals surface area contributed by atoms with Crippen molar-refractivity contribution in [2.24, 2.45) is 10.7 Å². The van der Waals surface area contributed by atoms with Crippen LogP contribution in [0.25, 0.3) is 0 Å². The predicted molar refractivity (Wildman–Crippen MR) is 91.8 cm³/mol. The lowest BCUT2D eigenvalue weighted by Crippen LogP contribution is -2.16. The van der Waals surface area contributed by atoms with Crippen molar-refractivity contribution in [1.82, 2.24) is 0 Å². The smallest absolute Gasteiger partial charge is 0.383 e. The number of halogens is 3. The number of hydrogen-bond acceptors (Lipinski definition) is 2. The van der Waals surface area contributed by atoms with Gasteiger partial charge in [-0.25, -0.2) is 4.99 Å². The van der Waals surface area contributed by atoms with Crippen molar-refractivity contribution in [1.29, 1.82) is 0 Å². The molecule has 2 N–H and O–H groups in total. The minimum absolute atomic E-state index is 0.0410. The number of rotatable bonds is 2. The van der Waals surface area contributed by atoms with E-state index in [1.165, 1.54) is 23.9 Å². The van der Waals surface area contributed by atoms with Gasteiger partial charge in [0.05, 0.1) is 5.56 Å². The van der Waals surface area contributed by atoms with E-state index in [0.29, 0.717) is 0 Å². The lowest BCUT2D eigenvalue weighted by molar-refractivity contribution is -0.137. The molecule has 2 nitrogen and oxygen atoms in total. The standard InChI is InChI=1S/C16H13F3N2S2/c1-10-5-7-13(8-6-10)23-15(22)21-14(20)11-3-2-4-12(9-11)16(17,18)19/h2-9H,1H3,(H2,20,21,22). The molecule has 0 saturated heterocycles. The Bertz CT molecular complexity index is 738. The maximum atomic E-state index is 12.7. The molecule has 0 saturated carbocycles. The molecular weight excluding hydrogens is 341 g/mol. The average Bonchev–Trinajstić information content (AvgIpc) is 2.49. The molecular formula is C16H13F3N2S2. The zero-order valence-electron chi connectivity index (χ0n) is 12.1. The molecule has 0 unspecified atom stereocenters. The largest absolute Gasteiger partial charge is 0.416 e. The first-order valence-corrected chi connectivity index (χ1v) is 7.78. The van der Waals surface area contributed by atoms with E-state index in [0.717, 1.165) is 22.6 Å². The van der Waals surface area contributed by atoms with Gasteiger partial charge < -0.3 is 5.73 Å². The zero-order valence-corrected chi connectivity index (χ0v) is 13.7. The fraction of sp³-hybridized carbons (Fsp3) is 0.125. The van der Waals surface area contributed by atoms with Crippen molar-refractivity contribution < 1.29 is 13.2 Å². The summed E-state index contributed by atoms with van der Waals surface area (Å²) >= 11 is 6.35. The zero-order chi connectivity index (χ0) is 17.0. The first kappa shape index (κ1) is 17.5. The Balaban J connectivity index is 2.15. The normalized spacial score (nSPS) is 12.3. The molecule has 0 aliphatic heterocycles. The van der Waals surface area contributed by atoms with E-state index in [2.05, 4.69) is 4.99 Å². The highest BCUT2D eigenvalue weighted by Crippen LogP contribution is 2.29. The van der Waals surface area contributed by atoms with Crippen LogP contribution >= 0.6 is 24.0 Å². The topological polar surface area (TPSA) is 38.4 Å². The van der Waals surface area contributed by atoms with Gasteiger partial charge in [-0.05, 0) is 31.2 Å². The molecule has 2 aromatic rings. The molecule has 0 aliphatic carbocycles. The van der Waals surface area contributed by atoms with Gasteiger partial charge in [0.25, 0.3) is 0 Å². The van der Waals surface area contributed by atoms with Gasteiger partial charge >= 0.3 is 6.18 Å².